The number of hydrogen-bond donors (Lipinski definition) is 0. The van der Waals surface area contributed by atoms with Crippen molar-refractivity contribution in [2.24, 2.45) is 0 Å². The molecule has 238 valence electrons. The van der Waals surface area contributed by atoms with Gasteiger partial charge in [0.1, 0.15) is 20.1 Å². The van der Waals surface area contributed by atoms with E-state index in [0.717, 1.165) is 44.5 Å². The third-order valence-corrected chi connectivity index (χ3v) is 14.6. The van der Waals surface area contributed by atoms with E-state index in [1.807, 2.05) is 72.3 Å². The molecule has 1 aliphatic heterocycles. The fourth-order valence-corrected chi connectivity index (χ4v) is 11.7. The van der Waals surface area contributed by atoms with Crippen molar-refractivity contribution in [1.29, 1.82) is 0 Å². The second-order valence-corrected chi connectivity index (χ2v) is 18.4. The third-order valence-electron chi connectivity index (χ3n) is 9.96. The van der Waals surface area contributed by atoms with Gasteiger partial charge in [-0.15, -0.1) is 41.2 Å². The van der Waals surface area contributed by atoms with Crippen LogP contribution in [0.4, 0.5) is 21.6 Å². The van der Waals surface area contributed by atoms with Crippen molar-refractivity contribution in [3.63, 3.8) is 0 Å². The number of benzene rings is 5. The third kappa shape index (κ3) is 4.41. The van der Waals surface area contributed by atoms with Gasteiger partial charge in [-0.25, -0.2) is 9.37 Å². The molecule has 0 saturated carbocycles. The smallest absolute Gasteiger partial charge is 0.340 e. The van der Waals surface area contributed by atoms with Crippen LogP contribution < -0.4 is 15.3 Å². The fraction of sp³-hybridized carbons (Fsp3) is 0.0732. The Morgan fingerprint density at radius 1 is 0.714 bits per heavy atom. The van der Waals surface area contributed by atoms with Gasteiger partial charge >= 0.3 is 20.4 Å². The molecule has 1 unspecified atom stereocenters. The van der Waals surface area contributed by atoms with Gasteiger partial charge in [-0.1, -0.05) is 77.6 Å². The van der Waals surface area contributed by atoms with Crippen LogP contribution in [0.15, 0.2) is 122 Å². The van der Waals surface area contributed by atoms with Gasteiger partial charge in [-0.3, -0.25) is 4.98 Å². The molecular weight excluding hydrogens is 734 g/mol. The molecule has 1 aliphatic rings. The largest absolute Gasteiger partial charge is 2.00 e. The van der Waals surface area contributed by atoms with Crippen LogP contribution in [-0.2, 0) is 20.4 Å². The quantitative estimate of drug-likeness (QED) is 0.102. The number of nitrogens with zero attached hydrogens (tertiary/aromatic N) is 4. The Morgan fingerprint density at radius 2 is 1.53 bits per heavy atom. The monoisotopic (exact) mass is 760 g/mol. The molecule has 0 spiro atoms. The molecule has 1 atom stereocenters. The number of halogens is 1. The Kier molecular flexibility index (Phi) is 6.91. The van der Waals surface area contributed by atoms with E-state index in [1.54, 1.807) is 6.20 Å². The summed E-state index contributed by atoms with van der Waals surface area (Å²) in [5.74, 6) is 0.898. The first-order valence-electron chi connectivity index (χ1n) is 16.0. The average molecular weight is 761 g/mol. The van der Waals surface area contributed by atoms with Crippen LogP contribution in [0.1, 0.15) is 17.3 Å². The maximum atomic E-state index is 16.7. The van der Waals surface area contributed by atoms with E-state index < -0.39 is 14.2 Å². The summed E-state index contributed by atoms with van der Waals surface area (Å²) in [6.45, 7) is 4.80. The predicted octanol–water partition coefficient (Wildman–Crippen LogP) is 9.67. The summed E-state index contributed by atoms with van der Waals surface area (Å²) >= 11 is 1.84. The summed E-state index contributed by atoms with van der Waals surface area (Å²) in [6.07, 6.45) is 4.15. The van der Waals surface area contributed by atoms with Crippen molar-refractivity contribution in [3.05, 3.63) is 145 Å². The fourth-order valence-electron chi connectivity index (χ4n) is 7.58. The van der Waals surface area contributed by atoms with Gasteiger partial charge in [-0.05, 0) is 46.1 Å². The molecule has 4 aromatic heterocycles. The van der Waals surface area contributed by atoms with Crippen LogP contribution in [0.25, 0.3) is 47.5 Å². The summed E-state index contributed by atoms with van der Waals surface area (Å²) < 4.78 is 21.3. The van der Waals surface area contributed by atoms with Crippen molar-refractivity contribution in [1.82, 2.24) is 14.4 Å². The van der Waals surface area contributed by atoms with E-state index in [1.165, 1.54) is 30.5 Å². The van der Waals surface area contributed by atoms with Gasteiger partial charge in [0, 0.05) is 50.0 Å². The zero-order chi connectivity index (χ0) is 32.1. The molecule has 0 saturated heterocycles. The molecule has 49 heavy (non-hydrogen) atoms. The van der Waals surface area contributed by atoms with E-state index in [9.17, 15) is 0 Å². The molecule has 0 fully saturated rings. The first-order chi connectivity index (χ1) is 23.5. The number of anilines is 3. The first-order valence-corrected chi connectivity index (χ1v) is 19.9. The number of rotatable bonds is 3. The molecule has 0 bridgehead atoms. The molecule has 5 heterocycles. The van der Waals surface area contributed by atoms with Gasteiger partial charge in [0.25, 0.3) is 0 Å². The van der Waals surface area contributed by atoms with Crippen LogP contribution in [-0.4, -0.2) is 22.4 Å². The van der Waals surface area contributed by atoms with Gasteiger partial charge < -0.3 is 9.30 Å². The number of pyridine rings is 2. The molecule has 4 nitrogen and oxygen atoms in total. The molecule has 8 heteroatoms. The van der Waals surface area contributed by atoms with Gasteiger partial charge in [0.2, 0.25) is 0 Å². The summed E-state index contributed by atoms with van der Waals surface area (Å²) in [7, 11) is -2.12. The maximum Gasteiger partial charge on any atom is 2.00 e. The molecule has 0 amide bonds. The second kappa shape index (κ2) is 11.2. The number of para-hydroxylation sites is 1. The Bertz CT molecular complexity index is 2770. The number of thiophene rings is 1. The predicted molar refractivity (Wildman–Crippen MR) is 199 cm³/mol. The summed E-state index contributed by atoms with van der Waals surface area (Å²) in [5.41, 5.74) is 4.60. The number of fused-ring (bicyclic) bond motifs is 11. The molecule has 9 aromatic rings. The Morgan fingerprint density at radius 3 is 2.43 bits per heavy atom. The van der Waals surface area contributed by atoms with E-state index in [-0.39, 0.29) is 20.4 Å². The second-order valence-electron chi connectivity index (χ2n) is 13.0. The topological polar surface area (TPSA) is 33.4 Å². The van der Waals surface area contributed by atoms with Crippen LogP contribution in [0.5, 0.6) is 0 Å². The van der Waals surface area contributed by atoms with Crippen LogP contribution in [0.2, 0.25) is 13.1 Å². The average Bonchev–Trinajstić information content (AvgIpc) is 3.77. The minimum atomic E-state index is -2.12. The SMILES string of the molecule is C[Si]1(C)c2cc3sc4ccccc4c3cc2N(c2[c-]c(C(F)c3[c-]c4c(cc3)c3ccccc3n3ccnc43)ccc2)c2ncccc21.[Pd+2]. The standard InChI is InChI=1S/C41H27FN4SSi.Pd/c1-48(2)37-15-8-18-43-41(37)46(34-23-31-30-12-4-6-14-35(30)47-36(31)24-38(34)48)27-10-7-9-25(21-27)39(42)26-16-17-28-29-11-3-5-13-33(29)45-20-19-44-40(45)32(28)22-26;/h3-20,23-24,39H,1-2H3;/q-2;+2. The molecule has 0 N–H and O–H groups in total. The summed E-state index contributed by atoms with van der Waals surface area (Å²) in [6, 6.07) is 42.3. The van der Waals surface area contributed by atoms with Gasteiger partial charge in [-0.2, -0.15) is 18.2 Å². The zero-order valence-corrected chi connectivity index (χ0v) is 29.9. The summed E-state index contributed by atoms with van der Waals surface area (Å²) in [4.78, 5) is 11.8. The minimum Gasteiger partial charge on any atom is -0.340 e. The van der Waals surface area contributed by atoms with E-state index in [2.05, 4.69) is 94.1 Å². The van der Waals surface area contributed by atoms with Crippen molar-refractivity contribution < 1.29 is 24.8 Å². The number of alkyl halides is 1. The van der Waals surface area contributed by atoms with Crippen molar-refractivity contribution in [2.75, 3.05) is 4.90 Å². The normalized spacial score (nSPS) is 14.3. The zero-order valence-electron chi connectivity index (χ0n) is 26.5. The van der Waals surface area contributed by atoms with Crippen molar-refractivity contribution in [2.45, 2.75) is 19.3 Å². The molecule has 0 radical (unpaired) electrons. The minimum absolute atomic E-state index is 0. The molecule has 5 aromatic carbocycles. The molecular formula is C41H27FN4PdSSi. The van der Waals surface area contributed by atoms with E-state index in [4.69, 9.17) is 4.98 Å². The van der Waals surface area contributed by atoms with Crippen LogP contribution >= 0.6 is 11.3 Å². The van der Waals surface area contributed by atoms with Crippen molar-refractivity contribution in [3.8, 4) is 0 Å². The van der Waals surface area contributed by atoms with E-state index in [0.29, 0.717) is 11.1 Å². The van der Waals surface area contributed by atoms with Crippen LogP contribution in [0.3, 0.4) is 0 Å². The Labute approximate surface area is 301 Å². The van der Waals surface area contributed by atoms with Crippen molar-refractivity contribution >= 4 is 94.5 Å². The van der Waals surface area contributed by atoms with Gasteiger partial charge in [0.05, 0.1) is 5.65 Å². The number of imidazole rings is 1. The number of hydrogen-bond acceptors (Lipinski definition) is 4. The summed E-state index contributed by atoms with van der Waals surface area (Å²) in [5, 5.41) is 7.97. The Balaban J connectivity index is 0.00000325. The Hall–Kier alpha value is -4.71. The molecule has 10 rings (SSSR count). The molecule has 0 aliphatic carbocycles. The van der Waals surface area contributed by atoms with Crippen LogP contribution in [0, 0.1) is 12.1 Å². The number of aromatic nitrogens is 3. The maximum absolute atomic E-state index is 16.7. The van der Waals surface area contributed by atoms with E-state index >= 15 is 4.39 Å². The first kappa shape index (κ1) is 30.4. The van der Waals surface area contributed by atoms with Gasteiger partial charge in [0.15, 0.2) is 0 Å².